The first-order valence-corrected chi connectivity index (χ1v) is 8.34. The van der Waals surface area contributed by atoms with Gasteiger partial charge in [-0.3, -0.25) is 9.59 Å². The third kappa shape index (κ3) is 7.68. The number of carbonyl (C=O) groups excluding carboxylic acids is 1. The zero-order valence-corrected chi connectivity index (χ0v) is 14.1. The molecule has 0 heterocycles. The number of aliphatic carboxylic acids is 1. The third-order valence-electron chi connectivity index (χ3n) is 3.48. The van der Waals surface area contributed by atoms with Crippen LogP contribution in [0.25, 0.3) is 0 Å². The molecule has 1 aromatic rings. The van der Waals surface area contributed by atoms with Crippen LogP contribution in [0.2, 0.25) is 0 Å². The molecule has 5 nitrogen and oxygen atoms in total. The summed E-state index contributed by atoms with van der Waals surface area (Å²) in [5.74, 6) is -0.0831. The van der Waals surface area contributed by atoms with E-state index in [4.69, 9.17) is 9.84 Å². The number of ether oxygens (including phenoxy) is 1. The molecule has 0 aromatic heterocycles. The van der Waals surface area contributed by atoms with Crippen LogP contribution in [0.1, 0.15) is 57.9 Å². The van der Waals surface area contributed by atoms with Gasteiger partial charge in [-0.05, 0) is 50.3 Å². The standard InChI is InChI=1S/C18H27NO4/c1-3-5-9-17(20)19-15-12-11-14(13-16(15)23-4-2)8-6-7-10-18(21)22/h11-13H,3-10H2,1-2H3,(H,19,20)(H,21,22). The number of carboxylic acids is 1. The summed E-state index contributed by atoms with van der Waals surface area (Å²) >= 11 is 0. The zero-order valence-electron chi connectivity index (χ0n) is 14.1. The van der Waals surface area contributed by atoms with Crippen LogP contribution in [0.5, 0.6) is 5.75 Å². The van der Waals surface area contributed by atoms with Crippen molar-refractivity contribution in [2.24, 2.45) is 0 Å². The van der Waals surface area contributed by atoms with E-state index in [1.165, 1.54) is 0 Å². The Morgan fingerprint density at radius 1 is 1.13 bits per heavy atom. The Balaban J connectivity index is 2.65. The summed E-state index contributed by atoms with van der Waals surface area (Å²) in [6, 6.07) is 5.75. The van der Waals surface area contributed by atoms with Gasteiger partial charge in [0.05, 0.1) is 12.3 Å². The predicted octanol–water partition coefficient (Wildman–Crippen LogP) is 4.01. The summed E-state index contributed by atoms with van der Waals surface area (Å²) < 4.78 is 5.62. The van der Waals surface area contributed by atoms with Crippen molar-refractivity contribution in [2.45, 2.75) is 58.8 Å². The highest BCUT2D eigenvalue weighted by Gasteiger charge is 2.09. The Kier molecular flexibility index (Phi) is 8.80. The lowest BCUT2D eigenvalue weighted by Crippen LogP contribution is -2.12. The number of aryl methyl sites for hydroxylation is 1. The lowest BCUT2D eigenvalue weighted by Gasteiger charge is -2.13. The number of amides is 1. The molecule has 128 valence electrons. The smallest absolute Gasteiger partial charge is 0.303 e. The van der Waals surface area contributed by atoms with Crippen molar-refractivity contribution >= 4 is 17.6 Å². The van der Waals surface area contributed by atoms with Gasteiger partial charge in [0.1, 0.15) is 5.75 Å². The number of unbranched alkanes of at least 4 members (excludes halogenated alkanes) is 2. The van der Waals surface area contributed by atoms with Crippen LogP contribution in [0.3, 0.4) is 0 Å². The van der Waals surface area contributed by atoms with E-state index in [9.17, 15) is 9.59 Å². The van der Waals surface area contributed by atoms with Crippen molar-refractivity contribution in [1.82, 2.24) is 0 Å². The van der Waals surface area contributed by atoms with Crippen LogP contribution in [0.15, 0.2) is 18.2 Å². The Morgan fingerprint density at radius 3 is 2.57 bits per heavy atom. The number of nitrogens with one attached hydrogen (secondary N) is 1. The van der Waals surface area contributed by atoms with Crippen LogP contribution in [-0.4, -0.2) is 23.6 Å². The second kappa shape index (κ2) is 10.6. The maximum absolute atomic E-state index is 11.9. The van der Waals surface area contributed by atoms with Crippen molar-refractivity contribution in [2.75, 3.05) is 11.9 Å². The third-order valence-corrected chi connectivity index (χ3v) is 3.48. The predicted molar refractivity (Wildman–Crippen MR) is 91.0 cm³/mol. The topological polar surface area (TPSA) is 75.6 Å². The molecule has 0 bridgehead atoms. The number of carbonyl (C=O) groups is 2. The largest absolute Gasteiger partial charge is 0.492 e. The van der Waals surface area contributed by atoms with E-state index >= 15 is 0 Å². The summed E-state index contributed by atoms with van der Waals surface area (Å²) in [7, 11) is 0. The normalized spacial score (nSPS) is 10.3. The van der Waals surface area contributed by atoms with Crippen molar-refractivity contribution in [1.29, 1.82) is 0 Å². The average molecular weight is 321 g/mol. The van der Waals surface area contributed by atoms with E-state index in [1.807, 2.05) is 25.1 Å². The molecule has 0 radical (unpaired) electrons. The van der Waals surface area contributed by atoms with Gasteiger partial charge in [-0.2, -0.15) is 0 Å². The molecule has 1 amide bonds. The summed E-state index contributed by atoms with van der Waals surface area (Å²) in [5, 5.41) is 11.5. The molecule has 0 aliphatic carbocycles. The lowest BCUT2D eigenvalue weighted by atomic mass is 10.1. The van der Waals surface area contributed by atoms with Crippen molar-refractivity contribution in [3.63, 3.8) is 0 Å². The number of hydrogen-bond donors (Lipinski definition) is 2. The van der Waals surface area contributed by atoms with Gasteiger partial charge in [0.25, 0.3) is 0 Å². The fourth-order valence-corrected chi connectivity index (χ4v) is 2.26. The molecular weight excluding hydrogens is 294 g/mol. The van der Waals surface area contributed by atoms with Crippen LogP contribution < -0.4 is 10.1 Å². The number of rotatable bonds is 11. The molecule has 0 atom stereocenters. The summed E-state index contributed by atoms with van der Waals surface area (Å²) in [6.07, 6.45) is 4.85. The van der Waals surface area contributed by atoms with E-state index < -0.39 is 5.97 Å². The number of hydrogen-bond acceptors (Lipinski definition) is 3. The van der Waals surface area contributed by atoms with Gasteiger partial charge in [0.15, 0.2) is 0 Å². The Bertz CT molecular complexity index is 514. The summed E-state index contributed by atoms with van der Waals surface area (Å²) in [4.78, 5) is 22.4. The van der Waals surface area contributed by atoms with Crippen LogP contribution in [0, 0.1) is 0 Å². The molecule has 0 unspecified atom stereocenters. The molecular formula is C18H27NO4. The zero-order chi connectivity index (χ0) is 17.1. The molecule has 1 rings (SSSR count). The van der Waals surface area contributed by atoms with Gasteiger partial charge in [-0.15, -0.1) is 0 Å². The van der Waals surface area contributed by atoms with E-state index in [-0.39, 0.29) is 12.3 Å². The van der Waals surface area contributed by atoms with E-state index in [2.05, 4.69) is 12.2 Å². The summed E-state index contributed by atoms with van der Waals surface area (Å²) in [6.45, 7) is 4.49. The number of anilines is 1. The van der Waals surface area contributed by atoms with Crippen molar-refractivity contribution in [3.8, 4) is 5.75 Å². The van der Waals surface area contributed by atoms with E-state index in [0.29, 0.717) is 30.9 Å². The monoisotopic (exact) mass is 321 g/mol. The molecule has 0 fully saturated rings. The molecule has 0 spiro atoms. The van der Waals surface area contributed by atoms with Crippen LogP contribution in [0.4, 0.5) is 5.69 Å². The second-order valence-corrected chi connectivity index (χ2v) is 5.52. The highest BCUT2D eigenvalue weighted by molar-refractivity contribution is 5.92. The molecule has 23 heavy (non-hydrogen) atoms. The Morgan fingerprint density at radius 2 is 1.91 bits per heavy atom. The maximum Gasteiger partial charge on any atom is 0.303 e. The van der Waals surface area contributed by atoms with Gasteiger partial charge >= 0.3 is 5.97 Å². The van der Waals surface area contributed by atoms with Gasteiger partial charge in [-0.1, -0.05) is 19.4 Å². The molecule has 0 aliphatic heterocycles. The van der Waals surface area contributed by atoms with E-state index in [1.54, 1.807) is 0 Å². The minimum Gasteiger partial charge on any atom is -0.492 e. The highest BCUT2D eigenvalue weighted by Crippen LogP contribution is 2.27. The SMILES string of the molecule is CCCCC(=O)Nc1ccc(CCCCC(=O)O)cc1OCC. The molecule has 0 aliphatic rings. The molecule has 0 saturated carbocycles. The second-order valence-electron chi connectivity index (χ2n) is 5.52. The fourth-order valence-electron chi connectivity index (χ4n) is 2.26. The minimum absolute atomic E-state index is 0.00186. The highest BCUT2D eigenvalue weighted by atomic mass is 16.5. The van der Waals surface area contributed by atoms with E-state index in [0.717, 1.165) is 31.2 Å². The van der Waals surface area contributed by atoms with Gasteiger partial charge in [0.2, 0.25) is 5.91 Å². The van der Waals surface area contributed by atoms with Crippen molar-refractivity contribution < 1.29 is 19.4 Å². The fraction of sp³-hybridized carbons (Fsp3) is 0.556. The first-order chi connectivity index (χ1) is 11.1. The molecule has 1 aromatic carbocycles. The Hall–Kier alpha value is -2.04. The molecule has 5 heteroatoms. The summed E-state index contributed by atoms with van der Waals surface area (Å²) in [5.41, 5.74) is 1.78. The first-order valence-electron chi connectivity index (χ1n) is 8.34. The molecule has 2 N–H and O–H groups in total. The van der Waals surface area contributed by atoms with Crippen LogP contribution in [-0.2, 0) is 16.0 Å². The number of carboxylic acid groups (broad SMARTS) is 1. The lowest BCUT2D eigenvalue weighted by molar-refractivity contribution is -0.137. The molecule has 0 saturated heterocycles. The van der Waals surface area contributed by atoms with Gasteiger partial charge < -0.3 is 15.2 Å². The first kappa shape index (κ1) is 19.0. The minimum atomic E-state index is -0.759. The van der Waals surface area contributed by atoms with Gasteiger partial charge in [0, 0.05) is 12.8 Å². The average Bonchev–Trinajstić information content (AvgIpc) is 2.52. The van der Waals surface area contributed by atoms with Gasteiger partial charge in [-0.25, -0.2) is 0 Å². The Labute approximate surface area is 138 Å². The quantitative estimate of drug-likeness (QED) is 0.604. The van der Waals surface area contributed by atoms with Crippen molar-refractivity contribution in [3.05, 3.63) is 23.8 Å². The van der Waals surface area contributed by atoms with Crippen LogP contribution >= 0.6 is 0 Å². The number of benzene rings is 1. The maximum atomic E-state index is 11.9.